The Hall–Kier alpha value is -3.40. The van der Waals surface area contributed by atoms with E-state index >= 15 is 0 Å². The van der Waals surface area contributed by atoms with Crippen molar-refractivity contribution in [3.05, 3.63) is 96.3 Å². The molecule has 2 heterocycles. The number of benzene rings is 3. The number of hydrogen-bond acceptors (Lipinski definition) is 3. The van der Waals surface area contributed by atoms with Crippen molar-refractivity contribution in [3.8, 4) is 17.1 Å². The molecule has 0 spiro atoms. The summed E-state index contributed by atoms with van der Waals surface area (Å²) in [5.41, 5.74) is 4.75. The van der Waals surface area contributed by atoms with Crippen molar-refractivity contribution in [2.75, 3.05) is 4.90 Å². The fraction of sp³-hybridized carbons (Fsp3) is 0.167. The van der Waals surface area contributed by atoms with Crippen LogP contribution in [0.1, 0.15) is 18.3 Å². The molecule has 28 heavy (non-hydrogen) atoms. The van der Waals surface area contributed by atoms with E-state index in [1.807, 2.05) is 18.2 Å². The first-order chi connectivity index (χ1) is 13.8. The largest absolute Gasteiger partial charge is 0.362 e. The fourth-order valence-electron chi connectivity index (χ4n) is 4.01. The smallest absolute Gasteiger partial charge is 0.168 e. The SMILES string of the molecule is CC1Cc2nnc(-c3ccccc3)n2-c2ccccc2N1Cc1ccccc1. The van der Waals surface area contributed by atoms with Gasteiger partial charge in [0.2, 0.25) is 0 Å². The highest BCUT2D eigenvalue weighted by Crippen LogP contribution is 2.35. The summed E-state index contributed by atoms with van der Waals surface area (Å²) in [5.74, 6) is 1.91. The Bertz CT molecular complexity index is 1090. The van der Waals surface area contributed by atoms with Crippen molar-refractivity contribution in [2.45, 2.75) is 25.9 Å². The van der Waals surface area contributed by atoms with Gasteiger partial charge < -0.3 is 4.90 Å². The minimum absolute atomic E-state index is 0.315. The molecule has 5 rings (SSSR count). The van der Waals surface area contributed by atoms with E-state index in [4.69, 9.17) is 0 Å². The number of hydrogen-bond donors (Lipinski definition) is 0. The number of aromatic nitrogens is 3. The first-order valence-corrected chi connectivity index (χ1v) is 9.71. The van der Waals surface area contributed by atoms with Crippen LogP contribution in [0.4, 0.5) is 5.69 Å². The van der Waals surface area contributed by atoms with E-state index in [1.165, 1.54) is 11.3 Å². The average Bonchev–Trinajstić information content (AvgIpc) is 3.12. The molecule has 4 nitrogen and oxygen atoms in total. The van der Waals surface area contributed by atoms with Gasteiger partial charge in [-0.15, -0.1) is 10.2 Å². The number of fused-ring (bicyclic) bond motifs is 3. The maximum absolute atomic E-state index is 4.57. The van der Waals surface area contributed by atoms with E-state index in [-0.39, 0.29) is 0 Å². The van der Waals surface area contributed by atoms with Crippen LogP contribution >= 0.6 is 0 Å². The third-order valence-electron chi connectivity index (χ3n) is 5.40. The van der Waals surface area contributed by atoms with Gasteiger partial charge in [0.05, 0.1) is 11.4 Å². The predicted molar refractivity (Wildman–Crippen MR) is 113 cm³/mol. The summed E-state index contributed by atoms with van der Waals surface area (Å²) in [6.45, 7) is 3.14. The first kappa shape index (κ1) is 16.8. The summed E-state index contributed by atoms with van der Waals surface area (Å²) in [7, 11) is 0. The molecule has 138 valence electrons. The molecule has 4 aromatic rings. The highest BCUT2D eigenvalue weighted by Gasteiger charge is 2.28. The zero-order chi connectivity index (χ0) is 18.9. The van der Waals surface area contributed by atoms with E-state index in [2.05, 4.69) is 93.3 Å². The van der Waals surface area contributed by atoms with Gasteiger partial charge in [0.25, 0.3) is 0 Å². The summed E-state index contributed by atoms with van der Waals surface area (Å²) in [6, 6.07) is 29.9. The average molecular weight is 366 g/mol. The minimum Gasteiger partial charge on any atom is -0.362 e. The van der Waals surface area contributed by atoms with Gasteiger partial charge in [-0.2, -0.15) is 0 Å². The Morgan fingerprint density at radius 3 is 2.18 bits per heavy atom. The van der Waals surface area contributed by atoms with Crippen molar-refractivity contribution in [2.24, 2.45) is 0 Å². The van der Waals surface area contributed by atoms with E-state index < -0.39 is 0 Å². The molecule has 1 unspecified atom stereocenters. The van der Waals surface area contributed by atoms with Crippen LogP contribution in [0.2, 0.25) is 0 Å². The van der Waals surface area contributed by atoms with Crippen LogP contribution in [0.5, 0.6) is 0 Å². The lowest BCUT2D eigenvalue weighted by atomic mass is 10.1. The number of anilines is 1. The molecule has 0 N–H and O–H groups in total. The molecule has 3 aromatic carbocycles. The molecule has 1 aliphatic heterocycles. The van der Waals surface area contributed by atoms with E-state index in [0.717, 1.165) is 35.9 Å². The van der Waals surface area contributed by atoms with Gasteiger partial charge in [0, 0.05) is 24.6 Å². The highest BCUT2D eigenvalue weighted by atomic mass is 15.3. The molecule has 4 heteroatoms. The molecule has 0 bridgehead atoms. The topological polar surface area (TPSA) is 34.0 Å². The van der Waals surface area contributed by atoms with Crippen LogP contribution in [-0.4, -0.2) is 20.8 Å². The Labute approximate surface area is 165 Å². The monoisotopic (exact) mass is 366 g/mol. The summed E-state index contributed by atoms with van der Waals surface area (Å²) in [6.07, 6.45) is 0.849. The number of nitrogens with zero attached hydrogens (tertiary/aromatic N) is 4. The van der Waals surface area contributed by atoms with Crippen LogP contribution < -0.4 is 4.90 Å². The van der Waals surface area contributed by atoms with Crippen molar-refractivity contribution in [1.82, 2.24) is 14.8 Å². The van der Waals surface area contributed by atoms with Crippen LogP contribution in [0.25, 0.3) is 17.1 Å². The third kappa shape index (κ3) is 2.87. The summed E-state index contributed by atoms with van der Waals surface area (Å²) < 4.78 is 2.23. The molecular weight excluding hydrogens is 344 g/mol. The van der Waals surface area contributed by atoms with Crippen LogP contribution in [-0.2, 0) is 13.0 Å². The second-order valence-electron chi connectivity index (χ2n) is 7.30. The van der Waals surface area contributed by atoms with Gasteiger partial charge in [0.1, 0.15) is 5.82 Å². The summed E-state index contributed by atoms with van der Waals surface area (Å²) in [4.78, 5) is 2.48. The van der Waals surface area contributed by atoms with E-state index in [9.17, 15) is 0 Å². The number of para-hydroxylation sites is 2. The van der Waals surface area contributed by atoms with Crippen LogP contribution in [0, 0.1) is 0 Å². The molecule has 0 saturated heterocycles. The lowest BCUT2D eigenvalue weighted by Gasteiger charge is -2.30. The second kappa shape index (κ2) is 6.97. The highest BCUT2D eigenvalue weighted by molar-refractivity contribution is 5.69. The van der Waals surface area contributed by atoms with Gasteiger partial charge >= 0.3 is 0 Å². The fourth-order valence-corrected chi connectivity index (χ4v) is 4.01. The normalized spacial score (nSPS) is 15.6. The maximum atomic E-state index is 4.57. The van der Waals surface area contributed by atoms with Gasteiger partial charge in [-0.1, -0.05) is 72.8 Å². The van der Waals surface area contributed by atoms with Crippen molar-refractivity contribution in [3.63, 3.8) is 0 Å². The standard InChI is InChI=1S/C24H22N4/c1-18-16-23-25-26-24(20-12-6-3-7-13-20)28(23)22-15-9-8-14-21(22)27(18)17-19-10-4-2-5-11-19/h2-15,18H,16-17H2,1H3. The number of rotatable bonds is 3. The van der Waals surface area contributed by atoms with Gasteiger partial charge in [-0.25, -0.2) is 0 Å². The Morgan fingerprint density at radius 1 is 0.786 bits per heavy atom. The van der Waals surface area contributed by atoms with Gasteiger partial charge in [0.15, 0.2) is 5.82 Å². The second-order valence-corrected chi connectivity index (χ2v) is 7.30. The molecular formula is C24H22N4. The lowest BCUT2D eigenvalue weighted by Crippen LogP contribution is -2.33. The zero-order valence-corrected chi connectivity index (χ0v) is 15.9. The molecule has 0 amide bonds. The van der Waals surface area contributed by atoms with Gasteiger partial charge in [-0.3, -0.25) is 4.57 Å². The zero-order valence-electron chi connectivity index (χ0n) is 15.9. The van der Waals surface area contributed by atoms with Crippen LogP contribution in [0.3, 0.4) is 0 Å². The molecule has 0 aliphatic carbocycles. The first-order valence-electron chi connectivity index (χ1n) is 9.71. The summed E-state index contributed by atoms with van der Waals surface area (Å²) in [5, 5.41) is 9.12. The molecule has 0 radical (unpaired) electrons. The van der Waals surface area contributed by atoms with Gasteiger partial charge in [-0.05, 0) is 24.6 Å². The lowest BCUT2D eigenvalue weighted by molar-refractivity contribution is 0.619. The van der Waals surface area contributed by atoms with E-state index in [0.29, 0.717) is 6.04 Å². The quantitative estimate of drug-likeness (QED) is 0.518. The van der Waals surface area contributed by atoms with E-state index in [1.54, 1.807) is 0 Å². The third-order valence-corrected chi connectivity index (χ3v) is 5.40. The Balaban J connectivity index is 1.66. The molecule has 0 saturated carbocycles. The maximum Gasteiger partial charge on any atom is 0.168 e. The molecule has 1 aliphatic rings. The predicted octanol–water partition coefficient (Wildman–Crippen LogP) is 4.89. The molecule has 1 aromatic heterocycles. The van der Waals surface area contributed by atoms with Crippen LogP contribution in [0.15, 0.2) is 84.9 Å². The van der Waals surface area contributed by atoms with Crippen molar-refractivity contribution in [1.29, 1.82) is 0 Å². The molecule has 0 fully saturated rings. The Morgan fingerprint density at radius 2 is 1.43 bits per heavy atom. The van der Waals surface area contributed by atoms with Crippen molar-refractivity contribution >= 4 is 5.69 Å². The molecule has 1 atom stereocenters. The van der Waals surface area contributed by atoms with Crippen molar-refractivity contribution < 1.29 is 0 Å². The minimum atomic E-state index is 0.315. The Kier molecular flexibility index (Phi) is 4.17. The summed E-state index contributed by atoms with van der Waals surface area (Å²) >= 11 is 0.